The Morgan fingerprint density at radius 2 is 1.95 bits per heavy atom. The van der Waals surface area contributed by atoms with Crippen molar-refractivity contribution in [1.82, 2.24) is 4.31 Å². The van der Waals surface area contributed by atoms with Crippen LogP contribution in [0.1, 0.15) is 23.3 Å². The molecular weight excluding hydrogens is 330 g/mol. The Morgan fingerprint density at radius 3 is 2.48 bits per heavy atom. The van der Waals surface area contributed by atoms with Gasteiger partial charge >= 0.3 is 0 Å². The van der Waals surface area contributed by atoms with E-state index in [9.17, 15) is 16.8 Å². The maximum Gasteiger partial charge on any atom is 0.252 e. The molecule has 8 heteroatoms. The van der Waals surface area contributed by atoms with Gasteiger partial charge in [0.15, 0.2) is 9.84 Å². The molecule has 0 N–H and O–H groups in total. The number of rotatable bonds is 3. The zero-order valence-corrected chi connectivity index (χ0v) is 14.5. The highest BCUT2D eigenvalue weighted by atomic mass is 32.2. The van der Waals surface area contributed by atoms with E-state index < -0.39 is 19.9 Å². The van der Waals surface area contributed by atoms with Crippen molar-refractivity contribution in [3.8, 4) is 0 Å². The molecule has 0 spiro atoms. The van der Waals surface area contributed by atoms with Crippen LogP contribution in [0, 0.1) is 19.8 Å². The molecule has 2 heterocycles. The second-order valence-corrected chi connectivity index (χ2v) is 11.5. The van der Waals surface area contributed by atoms with Gasteiger partial charge < -0.3 is 0 Å². The molecule has 2 aliphatic rings. The molecule has 1 saturated heterocycles. The molecule has 1 aliphatic heterocycles. The van der Waals surface area contributed by atoms with E-state index in [4.69, 9.17) is 0 Å². The van der Waals surface area contributed by atoms with Crippen LogP contribution in [0.4, 0.5) is 0 Å². The fourth-order valence-electron chi connectivity index (χ4n) is 2.75. The molecule has 118 valence electrons. The van der Waals surface area contributed by atoms with E-state index in [1.165, 1.54) is 15.6 Å². The van der Waals surface area contributed by atoms with Crippen LogP contribution in [0.3, 0.4) is 0 Å². The van der Waals surface area contributed by atoms with Crippen molar-refractivity contribution in [3.05, 3.63) is 16.5 Å². The number of nitrogens with zero attached hydrogens (tertiary/aromatic N) is 1. The van der Waals surface area contributed by atoms with Crippen LogP contribution in [-0.4, -0.2) is 45.2 Å². The molecule has 0 amide bonds. The summed E-state index contributed by atoms with van der Waals surface area (Å²) in [6, 6.07) is 1.32. The van der Waals surface area contributed by atoms with Gasteiger partial charge in [0.05, 0.1) is 11.5 Å². The normalized spacial score (nSPS) is 26.9. The number of hydrogen-bond donors (Lipinski definition) is 0. The molecule has 0 unspecified atom stereocenters. The first kappa shape index (κ1) is 15.5. The maximum atomic E-state index is 12.8. The number of thiophene rings is 1. The van der Waals surface area contributed by atoms with Gasteiger partial charge in [-0.15, -0.1) is 11.3 Å². The third kappa shape index (κ3) is 2.91. The number of sulfonamides is 1. The molecule has 3 rings (SSSR count). The monoisotopic (exact) mass is 349 g/mol. The highest BCUT2D eigenvalue weighted by Gasteiger charge is 2.46. The summed E-state index contributed by atoms with van der Waals surface area (Å²) >= 11 is 1.27. The number of aryl methyl sites for hydroxylation is 2. The van der Waals surface area contributed by atoms with Gasteiger partial charge in [0.1, 0.15) is 4.21 Å². The first-order valence-electron chi connectivity index (χ1n) is 7.00. The summed E-state index contributed by atoms with van der Waals surface area (Å²) in [4.78, 5) is 0.987. The molecule has 21 heavy (non-hydrogen) atoms. The Balaban J connectivity index is 1.97. The summed E-state index contributed by atoms with van der Waals surface area (Å²) in [7, 11) is -6.70. The minimum absolute atomic E-state index is 0.0275. The van der Waals surface area contributed by atoms with E-state index in [1.807, 2.05) is 13.8 Å². The van der Waals surface area contributed by atoms with Crippen LogP contribution >= 0.6 is 11.3 Å². The smallest absolute Gasteiger partial charge is 0.229 e. The summed E-state index contributed by atoms with van der Waals surface area (Å²) < 4.78 is 51.2. The minimum Gasteiger partial charge on any atom is -0.229 e. The molecule has 1 aromatic heterocycles. The minimum atomic E-state index is -3.58. The van der Waals surface area contributed by atoms with E-state index in [2.05, 4.69) is 0 Å². The van der Waals surface area contributed by atoms with E-state index >= 15 is 0 Å². The van der Waals surface area contributed by atoms with E-state index in [0.717, 1.165) is 23.3 Å². The molecule has 2 fully saturated rings. The third-order valence-electron chi connectivity index (χ3n) is 4.29. The van der Waals surface area contributed by atoms with Crippen LogP contribution in [0.15, 0.2) is 10.3 Å². The van der Waals surface area contributed by atoms with Gasteiger partial charge in [-0.25, -0.2) is 16.8 Å². The fraction of sp³-hybridized carbons (Fsp3) is 0.692. The van der Waals surface area contributed by atoms with E-state index in [1.54, 1.807) is 6.07 Å². The van der Waals surface area contributed by atoms with Gasteiger partial charge in [-0.2, -0.15) is 4.31 Å². The van der Waals surface area contributed by atoms with E-state index in [0.29, 0.717) is 4.21 Å². The highest BCUT2D eigenvalue weighted by Crippen LogP contribution is 2.40. The lowest BCUT2D eigenvalue weighted by atomic mass is 10.2. The molecule has 1 saturated carbocycles. The lowest BCUT2D eigenvalue weighted by Crippen LogP contribution is -2.51. The van der Waals surface area contributed by atoms with Gasteiger partial charge in [0.25, 0.3) is 10.0 Å². The van der Waals surface area contributed by atoms with Crippen molar-refractivity contribution in [2.24, 2.45) is 5.92 Å². The first-order chi connectivity index (χ1) is 9.71. The lowest BCUT2D eigenvalue weighted by molar-refractivity contribution is 0.312. The Bertz CT molecular complexity index is 740. The number of sulfone groups is 1. The summed E-state index contributed by atoms with van der Waals surface area (Å²) in [5, 5.41) is 0. The Morgan fingerprint density at radius 1 is 1.29 bits per heavy atom. The molecule has 1 aliphatic carbocycles. The van der Waals surface area contributed by atoms with Gasteiger partial charge in [-0.3, -0.25) is 0 Å². The average Bonchev–Trinajstić information content (AvgIpc) is 3.15. The Kier molecular flexibility index (Phi) is 3.71. The highest BCUT2D eigenvalue weighted by molar-refractivity contribution is 7.92. The quantitative estimate of drug-likeness (QED) is 0.830. The first-order valence-corrected chi connectivity index (χ1v) is 11.1. The Hall–Kier alpha value is -0.440. The summed E-state index contributed by atoms with van der Waals surface area (Å²) in [5.41, 5.74) is 0.964. The van der Waals surface area contributed by atoms with Crippen LogP contribution in [-0.2, 0) is 19.9 Å². The largest absolute Gasteiger partial charge is 0.252 e. The van der Waals surface area contributed by atoms with E-state index in [-0.39, 0.29) is 30.0 Å². The summed E-state index contributed by atoms with van der Waals surface area (Å²) in [5.74, 6) is 0.107. The predicted molar refractivity (Wildman–Crippen MR) is 82.9 cm³/mol. The van der Waals surface area contributed by atoms with Crippen molar-refractivity contribution in [2.75, 3.05) is 18.1 Å². The van der Waals surface area contributed by atoms with Crippen LogP contribution in [0.2, 0.25) is 0 Å². The topological polar surface area (TPSA) is 71.5 Å². The average molecular weight is 349 g/mol. The van der Waals surface area contributed by atoms with Gasteiger partial charge in [0.2, 0.25) is 0 Å². The summed E-state index contributed by atoms with van der Waals surface area (Å²) in [6.07, 6.45) is 1.85. The molecular formula is C13H19NO4S3. The molecule has 1 atom stereocenters. The Labute approximate surface area is 129 Å². The predicted octanol–water partition coefficient (Wildman–Crippen LogP) is 1.56. The van der Waals surface area contributed by atoms with Crippen molar-refractivity contribution in [1.29, 1.82) is 0 Å². The van der Waals surface area contributed by atoms with Gasteiger partial charge in [-0.05, 0) is 44.2 Å². The molecule has 1 aromatic rings. The standard InChI is InChI=1S/C13H19NO4S3/c1-9-7-13(19-10(9)2)21(17,18)14-5-6-20(15,16)8-12(14)11-3-4-11/h7,11-12H,3-6,8H2,1-2H3/t12-/m0/s1. The summed E-state index contributed by atoms with van der Waals surface area (Å²) in [6.45, 7) is 3.88. The second kappa shape index (κ2) is 5.04. The van der Waals surface area contributed by atoms with Crippen LogP contribution in [0.5, 0.6) is 0 Å². The second-order valence-electron chi connectivity index (χ2n) is 5.94. The van der Waals surface area contributed by atoms with Crippen molar-refractivity contribution < 1.29 is 16.8 Å². The van der Waals surface area contributed by atoms with Crippen molar-refractivity contribution >= 4 is 31.2 Å². The van der Waals surface area contributed by atoms with Crippen molar-refractivity contribution in [2.45, 2.75) is 36.9 Å². The molecule has 5 nitrogen and oxygen atoms in total. The van der Waals surface area contributed by atoms with Gasteiger partial charge in [0, 0.05) is 17.5 Å². The SMILES string of the molecule is Cc1cc(S(=O)(=O)N2CCS(=O)(=O)C[C@H]2C2CC2)sc1C. The molecule has 0 bridgehead atoms. The molecule has 0 radical (unpaired) electrons. The zero-order chi connectivity index (χ0) is 15.4. The number of hydrogen-bond acceptors (Lipinski definition) is 5. The van der Waals surface area contributed by atoms with Crippen LogP contribution < -0.4 is 0 Å². The molecule has 0 aromatic carbocycles. The maximum absolute atomic E-state index is 12.8. The van der Waals surface area contributed by atoms with Crippen molar-refractivity contribution in [3.63, 3.8) is 0 Å². The third-order valence-corrected chi connectivity index (χ3v) is 9.47. The zero-order valence-electron chi connectivity index (χ0n) is 12.1. The van der Waals surface area contributed by atoms with Crippen LogP contribution in [0.25, 0.3) is 0 Å². The lowest BCUT2D eigenvalue weighted by Gasteiger charge is -2.34. The van der Waals surface area contributed by atoms with Gasteiger partial charge in [-0.1, -0.05) is 0 Å². The fourth-order valence-corrected chi connectivity index (χ4v) is 7.91.